The van der Waals surface area contributed by atoms with Crippen LogP contribution in [0, 0.1) is 16.0 Å². The number of benzene rings is 2. The quantitative estimate of drug-likeness (QED) is 0.323. The lowest BCUT2D eigenvalue weighted by Crippen LogP contribution is -2.26. The number of hydrogen-bond acceptors (Lipinski definition) is 6. The normalized spacial score (nSPS) is 10.7. The molecule has 156 valence electrons. The van der Waals surface area contributed by atoms with Gasteiger partial charge < -0.3 is 14.4 Å². The predicted octanol–water partition coefficient (Wildman–Crippen LogP) is 5.03. The van der Waals surface area contributed by atoms with Crippen molar-refractivity contribution in [3.05, 3.63) is 52.1 Å². The number of hydrogen-bond donors (Lipinski definition) is 0. The van der Waals surface area contributed by atoms with Gasteiger partial charge in [-0.1, -0.05) is 13.8 Å². The Hall–Kier alpha value is -2.74. The monoisotopic (exact) mass is 418 g/mol. The fourth-order valence-electron chi connectivity index (χ4n) is 2.66. The van der Waals surface area contributed by atoms with Gasteiger partial charge in [-0.2, -0.15) is 0 Å². The SMILES string of the molecule is COc1ccc(N(C)C(=O)c2ccc(SCCC(C)C)c([N+](=O)[O-])c2)cc1OC. The topological polar surface area (TPSA) is 81.9 Å². The summed E-state index contributed by atoms with van der Waals surface area (Å²) in [7, 11) is 4.66. The lowest BCUT2D eigenvalue weighted by atomic mass is 10.1. The predicted molar refractivity (Wildman–Crippen MR) is 116 cm³/mol. The molecule has 0 saturated carbocycles. The summed E-state index contributed by atoms with van der Waals surface area (Å²) in [5.41, 5.74) is 0.790. The molecule has 0 radical (unpaired) electrons. The summed E-state index contributed by atoms with van der Waals surface area (Å²) < 4.78 is 10.5. The highest BCUT2D eigenvalue weighted by molar-refractivity contribution is 7.99. The van der Waals surface area contributed by atoms with Crippen molar-refractivity contribution in [3.63, 3.8) is 0 Å². The van der Waals surface area contributed by atoms with Crippen molar-refractivity contribution in [1.29, 1.82) is 0 Å². The second kappa shape index (κ2) is 10.2. The van der Waals surface area contributed by atoms with Crippen LogP contribution in [0.2, 0.25) is 0 Å². The van der Waals surface area contributed by atoms with Crippen molar-refractivity contribution in [2.45, 2.75) is 25.2 Å². The maximum Gasteiger partial charge on any atom is 0.283 e. The molecular weight excluding hydrogens is 392 g/mol. The molecule has 2 rings (SSSR count). The first kappa shape index (κ1) is 22.5. The number of carbonyl (C=O) groups is 1. The Kier molecular flexibility index (Phi) is 7.90. The van der Waals surface area contributed by atoms with Crippen LogP contribution in [0.3, 0.4) is 0 Å². The number of anilines is 1. The zero-order chi connectivity index (χ0) is 21.6. The highest BCUT2D eigenvalue weighted by Gasteiger charge is 2.21. The van der Waals surface area contributed by atoms with E-state index in [1.165, 1.54) is 36.9 Å². The van der Waals surface area contributed by atoms with Crippen LogP contribution in [0.1, 0.15) is 30.6 Å². The number of nitro groups is 1. The summed E-state index contributed by atoms with van der Waals surface area (Å²) >= 11 is 1.44. The third-order valence-corrected chi connectivity index (χ3v) is 5.51. The van der Waals surface area contributed by atoms with Crippen molar-refractivity contribution in [2.75, 3.05) is 31.9 Å². The molecule has 0 spiro atoms. The van der Waals surface area contributed by atoms with Gasteiger partial charge in [0.15, 0.2) is 11.5 Å². The Morgan fingerprint density at radius 3 is 2.41 bits per heavy atom. The van der Waals surface area contributed by atoms with E-state index in [2.05, 4.69) is 13.8 Å². The Morgan fingerprint density at radius 1 is 1.14 bits per heavy atom. The molecule has 1 amide bonds. The van der Waals surface area contributed by atoms with E-state index in [9.17, 15) is 14.9 Å². The van der Waals surface area contributed by atoms with Crippen LogP contribution in [0.15, 0.2) is 41.3 Å². The summed E-state index contributed by atoms with van der Waals surface area (Å²) in [5.74, 6) is 2.01. The number of methoxy groups -OCH3 is 2. The van der Waals surface area contributed by atoms with Crippen LogP contribution < -0.4 is 14.4 Å². The van der Waals surface area contributed by atoms with Gasteiger partial charge in [-0.25, -0.2) is 0 Å². The van der Waals surface area contributed by atoms with E-state index in [0.717, 1.165) is 12.2 Å². The molecule has 0 atom stereocenters. The highest BCUT2D eigenvalue weighted by atomic mass is 32.2. The Bertz CT molecular complexity index is 885. The summed E-state index contributed by atoms with van der Waals surface area (Å²) in [4.78, 5) is 26.0. The van der Waals surface area contributed by atoms with E-state index in [1.54, 1.807) is 37.4 Å². The van der Waals surface area contributed by atoms with Gasteiger partial charge >= 0.3 is 0 Å². The molecule has 2 aromatic rings. The van der Waals surface area contributed by atoms with E-state index in [0.29, 0.717) is 28.0 Å². The van der Waals surface area contributed by atoms with Crippen LogP contribution >= 0.6 is 11.8 Å². The molecule has 8 heteroatoms. The molecule has 0 aliphatic carbocycles. The molecular formula is C21H26N2O5S. The Labute approximate surface area is 175 Å². The Balaban J connectivity index is 2.27. The maximum absolute atomic E-state index is 12.9. The molecule has 0 unspecified atom stereocenters. The Morgan fingerprint density at radius 2 is 1.83 bits per heavy atom. The molecule has 0 fully saturated rings. The minimum absolute atomic E-state index is 0.0506. The van der Waals surface area contributed by atoms with Crippen molar-refractivity contribution in [3.8, 4) is 11.5 Å². The zero-order valence-electron chi connectivity index (χ0n) is 17.3. The summed E-state index contributed by atoms with van der Waals surface area (Å²) in [6.45, 7) is 4.22. The largest absolute Gasteiger partial charge is 0.493 e. The molecule has 0 N–H and O–H groups in total. The highest BCUT2D eigenvalue weighted by Crippen LogP contribution is 2.34. The summed E-state index contributed by atoms with van der Waals surface area (Å²) in [5, 5.41) is 11.5. The molecule has 2 aromatic carbocycles. The second-order valence-corrected chi connectivity index (χ2v) is 8.01. The van der Waals surface area contributed by atoms with Crippen molar-refractivity contribution in [1.82, 2.24) is 0 Å². The van der Waals surface area contributed by atoms with Crippen LogP contribution in [0.4, 0.5) is 11.4 Å². The van der Waals surface area contributed by atoms with Crippen LogP contribution in [0.25, 0.3) is 0 Å². The average molecular weight is 419 g/mol. The number of nitro benzene ring substituents is 1. The summed E-state index contributed by atoms with van der Waals surface area (Å²) in [6, 6.07) is 9.74. The fraction of sp³-hybridized carbons (Fsp3) is 0.381. The number of ether oxygens (including phenoxy) is 2. The second-order valence-electron chi connectivity index (χ2n) is 6.87. The number of rotatable bonds is 9. The lowest BCUT2D eigenvalue weighted by Gasteiger charge is -2.19. The van der Waals surface area contributed by atoms with E-state index in [4.69, 9.17) is 9.47 Å². The molecule has 0 heterocycles. The van der Waals surface area contributed by atoms with E-state index >= 15 is 0 Å². The first-order valence-electron chi connectivity index (χ1n) is 9.19. The third kappa shape index (κ3) is 5.63. The number of thioether (sulfide) groups is 1. The van der Waals surface area contributed by atoms with Gasteiger partial charge in [-0.15, -0.1) is 11.8 Å². The van der Waals surface area contributed by atoms with E-state index in [-0.39, 0.29) is 17.2 Å². The minimum Gasteiger partial charge on any atom is -0.493 e. The van der Waals surface area contributed by atoms with Gasteiger partial charge in [-0.05, 0) is 42.4 Å². The van der Waals surface area contributed by atoms with E-state index in [1.807, 2.05) is 0 Å². The molecule has 0 saturated heterocycles. The first-order valence-corrected chi connectivity index (χ1v) is 10.2. The molecule has 0 aliphatic rings. The van der Waals surface area contributed by atoms with Gasteiger partial charge in [0.05, 0.1) is 24.0 Å². The number of nitrogens with zero attached hydrogens (tertiary/aromatic N) is 2. The van der Waals surface area contributed by atoms with Crippen molar-refractivity contribution in [2.24, 2.45) is 5.92 Å². The third-order valence-electron chi connectivity index (χ3n) is 4.41. The molecule has 0 aromatic heterocycles. The number of amides is 1. The van der Waals surface area contributed by atoms with Gasteiger partial charge in [-0.3, -0.25) is 14.9 Å². The average Bonchev–Trinajstić information content (AvgIpc) is 2.71. The van der Waals surface area contributed by atoms with Gasteiger partial charge in [0.2, 0.25) is 0 Å². The van der Waals surface area contributed by atoms with Gasteiger partial charge in [0.25, 0.3) is 11.6 Å². The first-order chi connectivity index (χ1) is 13.8. The molecule has 0 bridgehead atoms. The van der Waals surface area contributed by atoms with Crippen molar-refractivity contribution < 1.29 is 19.2 Å². The molecule has 0 aliphatic heterocycles. The standard InChI is InChI=1S/C21H26N2O5S/c1-14(2)10-11-29-20-9-6-15(12-17(20)23(25)26)21(24)22(3)16-7-8-18(27-4)19(13-16)28-5/h6-9,12-14H,10-11H2,1-5H3. The molecule has 7 nitrogen and oxygen atoms in total. The van der Waals surface area contributed by atoms with Gasteiger partial charge in [0.1, 0.15) is 0 Å². The van der Waals surface area contributed by atoms with Crippen LogP contribution in [0.5, 0.6) is 11.5 Å². The van der Waals surface area contributed by atoms with Crippen LogP contribution in [-0.2, 0) is 0 Å². The lowest BCUT2D eigenvalue weighted by molar-refractivity contribution is -0.387. The van der Waals surface area contributed by atoms with Gasteiger partial charge in [0, 0.05) is 30.4 Å². The minimum atomic E-state index is -0.440. The maximum atomic E-state index is 12.9. The molecule has 29 heavy (non-hydrogen) atoms. The zero-order valence-corrected chi connectivity index (χ0v) is 18.1. The van der Waals surface area contributed by atoms with Crippen molar-refractivity contribution >= 4 is 29.0 Å². The van der Waals surface area contributed by atoms with Crippen LogP contribution in [-0.4, -0.2) is 37.9 Å². The number of carbonyl (C=O) groups excluding carboxylic acids is 1. The smallest absolute Gasteiger partial charge is 0.283 e. The van der Waals surface area contributed by atoms with E-state index < -0.39 is 4.92 Å². The summed E-state index contributed by atoms with van der Waals surface area (Å²) in [6.07, 6.45) is 0.963. The fourth-order valence-corrected chi connectivity index (χ4v) is 3.92.